The molecule has 33 heavy (non-hydrogen) atoms. The third-order valence-electron chi connectivity index (χ3n) is 6.83. The van der Waals surface area contributed by atoms with Crippen LogP contribution in [0.15, 0.2) is 72.8 Å². The van der Waals surface area contributed by atoms with E-state index in [0.29, 0.717) is 36.3 Å². The Balaban J connectivity index is 1.23. The van der Waals surface area contributed by atoms with Gasteiger partial charge in [-0.05, 0) is 53.6 Å². The minimum Gasteiger partial charge on any atom is -0.493 e. The van der Waals surface area contributed by atoms with E-state index in [2.05, 4.69) is 59.2 Å². The van der Waals surface area contributed by atoms with Crippen molar-refractivity contribution in [1.82, 2.24) is 10.6 Å². The molecular weight excluding hydrogens is 412 g/mol. The molecule has 2 bridgehead atoms. The Morgan fingerprint density at radius 2 is 1.45 bits per heavy atom. The molecule has 0 spiro atoms. The summed E-state index contributed by atoms with van der Waals surface area (Å²) in [6, 6.07) is 24.4. The van der Waals surface area contributed by atoms with E-state index in [0.717, 1.165) is 6.42 Å². The number of carbonyl (C=O) groups is 2. The number of benzene rings is 3. The van der Waals surface area contributed by atoms with Gasteiger partial charge < -0.3 is 15.4 Å². The Morgan fingerprint density at radius 1 is 0.848 bits per heavy atom. The third kappa shape index (κ3) is 3.99. The second kappa shape index (κ2) is 9.10. The minimum absolute atomic E-state index is 0.0622. The van der Waals surface area contributed by atoms with Crippen molar-refractivity contribution in [3.8, 4) is 5.75 Å². The fourth-order valence-corrected chi connectivity index (χ4v) is 5.46. The molecule has 0 aromatic heterocycles. The summed E-state index contributed by atoms with van der Waals surface area (Å²) >= 11 is 0. The van der Waals surface area contributed by atoms with Gasteiger partial charge in [0, 0.05) is 18.4 Å². The van der Waals surface area contributed by atoms with Gasteiger partial charge in [-0.2, -0.15) is 0 Å². The molecule has 3 aliphatic rings. The average molecular weight is 441 g/mol. The summed E-state index contributed by atoms with van der Waals surface area (Å²) in [5.74, 6) is 1.02. The van der Waals surface area contributed by atoms with Crippen LogP contribution in [0.4, 0.5) is 0 Å². The molecule has 2 N–H and O–H groups in total. The van der Waals surface area contributed by atoms with Crippen LogP contribution < -0.4 is 15.4 Å². The van der Waals surface area contributed by atoms with Crippen molar-refractivity contribution in [3.05, 3.63) is 101 Å². The summed E-state index contributed by atoms with van der Waals surface area (Å²) in [7, 11) is 0. The lowest BCUT2D eigenvalue weighted by molar-refractivity contribution is -0.120. The number of hydrogen-bond acceptors (Lipinski definition) is 3. The van der Waals surface area contributed by atoms with Gasteiger partial charge >= 0.3 is 0 Å². The summed E-state index contributed by atoms with van der Waals surface area (Å²) in [5, 5.41) is 5.78. The van der Waals surface area contributed by atoms with Crippen molar-refractivity contribution in [2.24, 2.45) is 5.92 Å². The first kappa shape index (κ1) is 21.3. The molecule has 0 unspecified atom stereocenters. The second-order valence-corrected chi connectivity index (χ2v) is 8.70. The van der Waals surface area contributed by atoms with Crippen LogP contribution in [0.25, 0.3) is 0 Å². The number of ether oxygens (including phenoxy) is 1. The number of nitrogens with one attached hydrogen (secondary N) is 2. The quantitative estimate of drug-likeness (QED) is 0.578. The highest BCUT2D eigenvalue weighted by molar-refractivity contribution is 5.98. The lowest BCUT2D eigenvalue weighted by Crippen LogP contribution is -2.42. The molecular formula is C28H28N2O3. The van der Waals surface area contributed by atoms with Crippen LogP contribution in [0.2, 0.25) is 0 Å². The Morgan fingerprint density at radius 3 is 2.12 bits per heavy atom. The molecule has 5 heteroatoms. The fraction of sp³-hybridized carbons (Fsp3) is 0.286. The van der Waals surface area contributed by atoms with Crippen molar-refractivity contribution in [2.45, 2.75) is 25.2 Å². The number of rotatable bonds is 7. The first-order valence-corrected chi connectivity index (χ1v) is 11.6. The summed E-state index contributed by atoms with van der Waals surface area (Å²) in [6.07, 6.45) is 1.02. The lowest BCUT2D eigenvalue weighted by atomic mass is 9.59. The Bertz CT molecular complexity index is 1140. The molecule has 2 amide bonds. The van der Waals surface area contributed by atoms with Crippen molar-refractivity contribution in [1.29, 1.82) is 0 Å². The molecule has 0 radical (unpaired) electrons. The molecule has 1 atom stereocenters. The number of hydrogen-bond donors (Lipinski definition) is 2. The second-order valence-electron chi connectivity index (χ2n) is 8.70. The van der Waals surface area contributed by atoms with E-state index < -0.39 is 0 Å². The topological polar surface area (TPSA) is 67.4 Å². The highest BCUT2D eigenvalue weighted by atomic mass is 16.5. The van der Waals surface area contributed by atoms with Crippen LogP contribution in [0.5, 0.6) is 5.75 Å². The zero-order valence-electron chi connectivity index (χ0n) is 18.7. The number of para-hydroxylation sites is 1. The molecule has 0 aliphatic heterocycles. The van der Waals surface area contributed by atoms with Crippen LogP contribution in [-0.4, -0.2) is 31.5 Å². The Kier molecular flexibility index (Phi) is 5.86. The molecule has 0 heterocycles. The highest BCUT2D eigenvalue weighted by Gasteiger charge is 2.42. The van der Waals surface area contributed by atoms with E-state index in [1.165, 1.54) is 22.3 Å². The molecule has 6 rings (SSSR count). The maximum Gasteiger partial charge on any atom is 0.255 e. The number of amides is 2. The molecule has 0 fully saturated rings. The highest BCUT2D eigenvalue weighted by Crippen LogP contribution is 2.55. The van der Waals surface area contributed by atoms with Crippen molar-refractivity contribution >= 4 is 11.8 Å². The van der Waals surface area contributed by atoms with E-state index in [4.69, 9.17) is 4.74 Å². The maximum absolute atomic E-state index is 12.6. The first-order valence-electron chi connectivity index (χ1n) is 11.6. The smallest absolute Gasteiger partial charge is 0.255 e. The van der Waals surface area contributed by atoms with Crippen LogP contribution >= 0.6 is 0 Å². The van der Waals surface area contributed by atoms with Crippen molar-refractivity contribution in [3.63, 3.8) is 0 Å². The summed E-state index contributed by atoms with van der Waals surface area (Å²) < 4.78 is 5.52. The molecule has 5 nitrogen and oxygen atoms in total. The molecule has 3 aliphatic carbocycles. The third-order valence-corrected chi connectivity index (χ3v) is 6.83. The monoisotopic (exact) mass is 440 g/mol. The average Bonchev–Trinajstić information content (AvgIpc) is 2.86. The van der Waals surface area contributed by atoms with Gasteiger partial charge in [0.05, 0.1) is 18.7 Å². The van der Waals surface area contributed by atoms with Gasteiger partial charge in [-0.1, -0.05) is 60.7 Å². The van der Waals surface area contributed by atoms with E-state index in [1.807, 2.05) is 13.0 Å². The number of carbonyl (C=O) groups excluding carboxylic acids is 2. The van der Waals surface area contributed by atoms with Gasteiger partial charge in [-0.25, -0.2) is 0 Å². The van der Waals surface area contributed by atoms with Crippen LogP contribution in [0, 0.1) is 5.92 Å². The zero-order valence-corrected chi connectivity index (χ0v) is 18.7. The van der Waals surface area contributed by atoms with Gasteiger partial charge in [0.1, 0.15) is 5.75 Å². The van der Waals surface area contributed by atoms with Crippen molar-refractivity contribution < 1.29 is 14.3 Å². The maximum atomic E-state index is 12.6. The minimum atomic E-state index is -0.311. The molecule has 3 aromatic carbocycles. The van der Waals surface area contributed by atoms with E-state index in [9.17, 15) is 9.59 Å². The molecule has 168 valence electrons. The van der Waals surface area contributed by atoms with Crippen LogP contribution in [0.1, 0.15) is 57.8 Å². The van der Waals surface area contributed by atoms with Gasteiger partial charge in [0.25, 0.3) is 5.91 Å². The predicted molar refractivity (Wildman–Crippen MR) is 128 cm³/mol. The number of fused-ring (bicyclic) bond motifs is 1. The van der Waals surface area contributed by atoms with Gasteiger partial charge in [0.2, 0.25) is 5.91 Å². The predicted octanol–water partition coefficient (Wildman–Crippen LogP) is 4.23. The van der Waals surface area contributed by atoms with E-state index in [-0.39, 0.29) is 24.3 Å². The SMILES string of the molecule is CCOc1ccccc1C(=O)NCC(=O)NC[C@@H]1CC2c3ccccc3C1c1ccccc12. The van der Waals surface area contributed by atoms with Gasteiger partial charge in [-0.15, -0.1) is 0 Å². The Labute approximate surface area is 194 Å². The van der Waals surface area contributed by atoms with Crippen LogP contribution in [0.3, 0.4) is 0 Å². The fourth-order valence-electron chi connectivity index (χ4n) is 5.46. The van der Waals surface area contributed by atoms with Crippen LogP contribution in [-0.2, 0) is 4.79 Å². The Hall–Kier alpha value is -3.60. The van der Waals surface area contributed by atoms with E-state index >= 15 is 0 Å². The first-order chi connectivity index (χ1) is 16.2. The normalized spacial score (nSPS) is 19.8. The van der Waals surface area contributed by atoms with E-state index in [1.54, 1.807) is 18.2 Å². The summed E-state index contributed by atoms with van der Waals surface area (Å²) in [6.45, 7) is 2.87. The lowest BCUT2D eigenvalue weighted by Gasteiger charge is -2.45. The molecule has 0 saturated heterocycles. The van der Waals surface area contributed by atoms with Crippen molar-refractivity contribution in [2.75, 3.05) is 19.7 Å². The summed E-state index contributed by atoms with van der Waals surface area (Å²) in [4.78, 5) is 25.1. The van der Waals surface area contributed by atoms with Gasteiger partial charge in [-0.3, -0.25) is 9.59 Å². The largest absolute Gasteiger partial charge is 0.493 e. The molecule has 3 aromatic rings. The molecule has 0 saturated carbocycles. The van der Waals surface area contributed by atoms with Gasteiger partial charge in [0.15, 0.2) is 0 Å². The standard InChI is InChI=1S/C28H28N2O3/c1-2-33-25-14-8-7-13-23(25)28(32)30-17-26(31)29-16-18-15-24-19-9-3-5-11-21(19)27(18)22-12-6-4-10-20(22)24/h3-14,18,24,27H,2,15-17H2,1H3,(H,29,31)(H,30,32)/t18-,24?,27?/m0/s1. The summed E-state index contributed by atoms with van der Waals surface area (Å²) in [5.41, 5.74) is 6.04. The zero-order chi connectivity index (χ0) is 22.8.